The van der Waals surface area contributed by atoms with Crippen LogP contribution in [0.2, 0.25) is 0 Å². The van der Waals surface area contributed by atoms with E-state index in [0.717, 1.165) is 23.5 Å². The smallest absolute Gasteiger partial charge is 0.155 e. The average molecular weight is 205 g/mol. The highest BCUT2D eigenvalue weighted by Gasteiger charge is 1.97. The number of hydrogen-bond acceptors (Lipinski definition) is 3. The second-order valence-electron chi connectivity index (χ2n) is 2.90. The molecule has 0 fully saturated rings. The zero-order chi connectivity index (χ0) is 9.80. The molecule has 0 aromatic carbocycles. The predicted molar refractivity (Wildman–Crippen MR) is 60.5 cm³/mol. The van der Waals surface area contributed by atoms with E-state index in [1.807, 2.05) is 16.8 Å². The molecular formula is C10H11N3S. The van der Waals surface area contributed by atoms with Crippen molar-refractivity contribution in [2.75, 3.05) is 5.75 Å². The molecule has 14 heavy (non-hydrogen) atoms. The highest BCUT2D eigenvalue weighted by atomic mass is 32.1. The molecule has 0 N–H and O–H groups in total. The zero-order valence-corrected chi connectivity index (χ0v) is 8.56. The standard InChI is InChI=1S/C10H11N3S/c14-6-2-1-3-9-7-12-10-8-11-4-5-13(9)10/h1,3-5,7-8,14H,2,6H2. The third-order valence-corrected chi connectivity index (χ3v) is 2.19. The summed E-state index contributed by atoms with van der Waals surface area (Å²) in [6.07, 6.45) is 12.4. The minimum absolute atomic E-state index is 0.870. The van der Waals surface area contributed by atoms with Crippen molar-refractivity contribution in [1.82, 2.24) is 14.4 Å². The van der Waals surface area contributed by atoms with Crippen LogP contribution in [0, 0.1) is 0 Å². The molecule has 72 valence electrons. The largest absolute Gasteiger partial charge is 0.297 e. The van der Waals surface area contributed by atoms with Crippen molar-refractivity contribution >= 4 is 24.4 Å². The molecule has 0 aliphatic rings. The summed E-state index contributed by atoms with van der Waals surface area (Å²) >= 11 is 4.14. The van der Waals surface area contributed by atoms with Crippen molar-refractivity contribution in [2.45, 2.75) is 6.42 Å². The molecule has 0 unspecified atom stereocenters. The van der Waals surface area contributed by atoms with Gasteiger partial charge in [-0.25, -0.2) is 4.98 Å². The van der Waals surface area contributed by atoms with E-state index in [0.29, 0.717) is 0 Å². The van der Waals surface area contributed by atoms with Crippen molar-refractivity contribution in [3.05, 3.63) is 36.6 Å². The van der Waals surface area contributed by atoms with Crippen LogP contribution in [0.5, 0.6) is 0 Å². The minimum Gasteiger partial charge on any atom is -0.297 e. The molecule has 0 aliphatic carbocycles. The first kappa shape index (κ1) is 9.27. The van der Waals surface area contributed by atoms with Crippen LogP contribution < -0.4 is 0 Å². The highest BCUT2D eigenvalue weighted by molar-refractivity contribution is 7.80. The van der Waals surface area contributed by atoms with E-state index in [9.17, 15) is 0 Å². The van der Waals surface area contributed by atoms with Gasteiger partial charge in [0, 0.05) is 12.4 Å². The van der Waals surface area contributed by atoms with Gasteiger partial charge in [0.2, 0.25) is 0 Å². The maximum absolute atomic E-state index is 4.23. The van der Waals surface area contributed by atoms with Crippen LogP contribution in [0.4, 0.5) is 0 Å². The molecule has 0 spiro atoms. The Morgan fingerprint density at radius 2 is 2.36 bits per heavy atom. The number of hydrogen-bond donors (Lipinski definition) is 1. The molecule has 0 saturated heterocycles. The molecular weight excluding hydrogens is 194 g/mol. The van der Waals surface area contributed by atoms with Crippen LogP contribution >= 0.6 is 12.6 Å². The van der Waals surface area contributed by atoms with Crippen LogP contribution in [-0.2, 0) is 0 Å². The Bertz CT molecular complexity index is 447. The van der Waals surface area contributed by atoms with Gasteiger partial charge in [0.05, 0.1) is 18.1 Å². The van der Waals surface area contributed by atoms with Gasteiger partial charge in [-0.2, -0.15) is 12.6 Å². The first-order chi connectivity index (χ1) is 6.92. The fraction of sp³-hybridized carbons (Fsp3) is 0.200. The number of thiol groups is 1. The fourth-order valence-electron chi connectivity index (χ4n) is 1.26. The summed E-state index contributed by atoms with van der Waals surface area (Å²) in [7, 11) is 0. The summed E-state index contributed by atoms with van der Waals surface area (Å²) in [4.78, 5) is 8.23. The van der Waals surface area contributed by atoms with Crippen LogP contribution in [0.1, 0.15) is 12.1 Å². The zero-order valence-electron chi connectivity index (χ0n) is 7.67. The van der Waals surface area contributed by atoms with Crippen LogP contribution in [0.25, 0.3) is 11.7 Å². The lowest BCUT2D eigenvalue weighted by molar-refractivity contribution is 1.11. The van der Waals surface area contributed by atoms with Gasteiger partial charge < -0.3 is 0 Å². The van der Waals surface area contributed by atoms with Gasteiger partial charge in [-0.3, -0.25) is 9.38 Å². The minimum atomic E-state index is 0.870. The number of nitrogens with zero attached hydrogens (tertiary/aromatic N) is 3. The van der Waals surface area contributed by atoms with E-state index in [2.05, 4.69) is 34.7 Å². The number of imidazole rings is 1. The monoisotopic (exact) mass is 205 g/mol. The summed E-state index contributed by atoms with van der Waals surface area (Å²) < 4.78 is 2.00. The molecule has 3 nitrogen and oxygen atoms in total. The average Bonchev–Trinajstić information content (AvgIpc) is 2.63. The molecule has 0 amide bonds. The number of aromatic nitrogens is 3. The molecule has 0 bridgehead atoms. The molecule has 2 aromatic rings. The number of fused-ring (bicyclic) bond motifs is 1. The Balaban J connectivity index is 2.34. The Hall–Kier alpha value is -1.29. The Morgan fingerprint density at radius 3 is 3.21 bits per heavy atom. The van der Waals surface area contributed by atoms with Crippen molar-refractivity contribution < 1.29 is 0 Å². The number of rotatable bonds is 3. The molecule has 2 heterocycles. The van der Waals surface area contributed by atoms with E-state index >= 15 is 0 Å². The molecule has 0 radical (unpaired) electrons. The van der Waals surface area contributed by atoms with Crippen molar-refractivity contribution in [3.63, 3.8) is 0 Å². The van der Waals surface area contributed by atoms with Crippen molar-refractivity contribution in [2.24, 2.45) is 0 Å². The van der Waals surface area contributed by atoms with Gasteiger partial charge in [0.1, 0.15) is 0 Å². The third-order valence-electron chi connectivity index (χ3n) is 1.93. The van der Waals surface area contributed by atoms with Crippen molar-refractivity contribution in [1.29, 1.82) is 0 Å². The Labute approximate surface area is 87.9 Å². The lowest BCUT2D eigenvalue weighted by Crippen LogP contribution is -1.86. The van der Waals surface area contributed by atoms with Gasteiger partial charge in [-0.15, -0.1) is 0 Å². The Kier molecular flexibility index (Phi) is 2.84. The van der Waals surface area contributed by atoms with Crippen molar-refractivity contribution in [3.8, 4) is 0 Å². The van der Waals surface area contributed by atoms with Crippen LogP contribution in [0.15, 0.2) is 30.9 Å². The first-order valence-electron chi connectivity index (χ1n) is 4.46. The van der Waals surface area contributed by atoms with Gasteiger partial charge in [0.25, 0.3) is 0 Å². The fourth-order valence-corrected chi connectivity index (χ4v) is 1.41. The summed E-state index contributed by atoms with van der Waals surface area (Å²) in [6.45, 7) is 0. The summed E-state index contributed by atoms with van der Waals surface area (Å²) in [5.74, 6) is 0.870. The lowest BCUT2D eigenvalue weighted by Gasteiger charge is -1.93. The predicted octanol–water partition coefficient (Wildman–Crippen LogP) is 2.06. The van der Waals surface area contributed by atoms with Gasteiger partial charge in [0.15, 0.2) is 5.65 Å². The third kappa shape index (κ3) is 1.80. The Morgan fingerprint density at radius 1 is 1.43 bits per heavy atom. The van der Waals surface area contributed by atoms with Gasteiger partial charge in [-0.05, 0) is 18.2 Å². The summed E-state index contributed by atoms with van der Waals surface area (Å²) in [5.41, 5.74) is 1.95. The molecule has 0 aliphatic heterocycles. The second kappa shape index (κ2) is 4.28. The molecule has 4 heteroatoms. The normalized spacial score (nSPS) is 11.5. The topological polar surface area (TPSA) is 30.2 Å². The number of allylic oxidation sites excluding steroid dienone is 1. The molecule has 2 rings (SSSR count). The van der Waals surface area contributed by atoms with E-state index in [-0.39, 0.29) is 0 Å². The van der Waals surface area contributed by atoms with E-state index in [4.69, 9.17) is 0 Å². The van der Waals surface area contributed by atoms with E-state index in [1.54, 1.807) is 12.4 Å². The molecule has 0 saturated carbocycles. The second-order valence-corrected chi connectivity index (χ2v) is 3.35. The van der Waals surface area contributed by atoms with Crippen LogP contribution in [-0.4, -0.2) is 20.1 Å². The SMILES string of the molecule is SCCC=Cc1cnc2cnccn12. The van der Waals surface area contributed by atoms with Crippen LogP contribution in [0.3, 0.4) is 0 Å². The summed E-state index contributed by atoms with van der Waals surface area (Å²) in [6, 6.07) is 0. The highest BCUT2D eigenvalue weighted by Crippen LogP contribution is 2.06. The molecule has 2 aromatic heterocycles. The van der Waals surface area contributed by atoms with E-state index < -0.39 is 0 Å². The summed E-state index contributed by atoms with van der Waals surface area (Å²) in [5, 5.41) is 0. The van der Waals surface area contributed by atoms with E-state index in [1.165, 1.54) is 0 Å². The van der Waals surface area contributed by atoms with Gasteiger partial charge in [-0.1, -0.05) is 6.08 Å². The quantitative estimate of drug-likeness (QED) is 0.777. The maximum Gasteiger partial charge on any atom is 0.155 e. The maximum atomic E-state index is 4.23. The lowest BCUT2D eigenvalue weighted by atomic mass is 10.3. The molecule has 0 atom stereocenters. The van der Waals surface area contributed by atoms with Gasteiger partial charge >= 0.3 is 0 Å². The first-order valence-corrected chi connectivity index (χ1v) is 5.09.